The molecule has 3 N–H and O–H groups in total. The minimum absolute atomic E-state index is 0.257. The van der Waals surface area contributed by atoms with Crippen molar-refractivity contribution in [1.29, 1.82) is 0 Å². The summed E-state index contributed by atoms with van der Waals surface area (Å²) in [7, 11) is -3.56. The summed E-state index contributed by atoms with van der Waals surface area (Å²) in [5, 5.41) is 5.88. The van der Waals surface area contributed by atoms with Gasteiger partial charge in [0.2, 0.25) is 5.91 Å². The minimum atomic E-state index is -3.56. The summed E-state index contributed by atoms with van der Waals surface area (Å²) in [6.07, 6.45) is 3.21. The Morgan fingerprint density at radius 3 is 2.70 bits per heavy atom. The third-order valence-electron chi connectivity index (χ3n) is 5.03. The van der Waals surface area contributed by atoms with E-state index in [4.69, 9.17) is 4.42 Å². The number of sulfone groups is 1. The molecular weight excluding hydrogens is 368 g/mol. The molecule has 1 amide bonds. The molecule has 1 saturated heterocycles. The van der Waals surface area contributed by atoms with Gasteiger partial charge in [-0.1, -0.05) is 0 Å². The van der Waals surface area contributed by atoms with Crippen molar-refractivity contribution in [3.8, 4) is 11.6 Å². The Labute approximate surface area is 156 Å². The van der Waals surface area contributed by atoms with Crippen molar-refractivity contribution >= 4 is 32.5 Å². The van der Waals surface area contributed by atoms with Crippen LogP contribution in [0.5, 0.6) is 0 Å². The number of carbonyl (C=O) groups excluding carboxylic acids is 1. The van der Waals surface area contributed by atoms with Crippen molar-refractivity contribution < 1.29 is 17.6 Å². The lowest BCUT2D eigenvalue weighted by Crippen LogP contribution is -2.55. The summed E-state index contributed by atoms with van der Waals surface area (Å²) in [4.78, 5) is 20.5. The Kier molecular flexibility index (Phi) is 4.27. The molecule has 0 aliphatic carbocycles. The maximum absolute atomic E-state index is 12.9. The molecular formula is C18H20N4O4S. The molecule has 8 nitrogen and oxygen atoms in total. The molecule has 3 heterocycles. The minimum Gasteiger partial charge on any atom is -0.461 e. The quantitative estimate of drug-likeness (QED) is 0.629. The van der Waals surface area contributed by atoms with E-state index in [1.54, 1.807) is 36.6 Å². The van der Waals surface area contributed by atoms with Crippen molar-refractivity contribution in [1.82, 2.24) is 15.3 Å². The highest BCUT2D eigenvalue weighted by Crippen LogP contribution is 2.30. The Hall–Kier alpha value is -2.65. The highest BCUT2D eigenvalue weighted by molar-refractivity contribution is 7.92. The first-order valence-corrected chi connectivity index (χ1v) is 10.5. The molecule has 0 unspecified atom stereocenters. The van der Waals surface area contributed by atoms with Gasteiger partial charge in [-0.3, -0.25) is 4.79 Å². The molecule has 2 aromatic heterocycles. The summed E-state index contributed by atoms with van der Waals surface area (Å²) >= 11 is 0. The third-order valence-corrected chi connectivity index (χ3v) is 7.04. The number of nitrogens with zero attached hydrogens (tertiary/aromatic N) is 1. The van der Waals surface area contributed by atoms with E-state index in [0.29, 0.717) is 30.4 Å². The number of hydrogen-bond donors (Lipinski definition) is 3. The lowest BCUT2D eigenvalue weighted by molar-refractivity contribution is -0.119. The molecule has 3 aromatic rings. The normalized spacial score (nSPS) is 17.1. The van der Waals surface area contributed by atoms with E-state index in [2.05, 4.69) is 20.6 Å². The first kappa shape index (κ1) is 17.7. The Balaban J connectivity index is 1.63. The first-order valence-electron chi connectivity index (χ1n) is 8.64. The number of amides is 1. The number of benzene rings is 1. The zero-order valence-corrected chi connectivity index (χ0v) is 15.6. The number of hydrogen-bond acceptors (Lipinski definition) is 6. The molecule has 1 aliphatic rings. The standard InChI is InChI=1S/C18H20N4O4S/c1-27(24,25)18(6-8-19-9-7-18)17(23)20-12-4-5-13-14(11-12)22-16(21-13)15-3-2-10-26-15/h2-5,10-11,19H,6-9H2,1H3,(H,20,23)(H,21,22). The number of carbonyl (C=O) groups is 1. The number of aromatic nitrogens is 2. The maximum Gasteiger partial charge on any atom is 0.245 e. The molecule has 142 valence electrons. The number of rotatable bonds is 4. The second kappa shape index (κ2) is 6.50. The van der Waals surface area contributed by atoms with E-state index in [9.17, 15) is 13.2 Å². The lowest BCUT2D eigenvalue weighted by Gasteiger charge is -2.34. The van der Waals surface area contributed by atoms with Crippen molar-refractivity contribution in [2.45, 2.75) is 17.6 Å². The van der Waals surface area contributed by atoms with Crippen molar-refractivity contribution in [2.75, 3.05) is 24.7 Å². The SMILES string of the molecule is CS(=O)(=O)C1(C(=O)Nc2ccc3nc(-c4ccco4)[nH]c3c2)CCNCC1. The highest BCUT2D eigenvalue weighted by atomic mass is 32.2. The average molecular weight is 388 g/mol. The van der Waals surface area contributed by atoms with E-state index in [1.807, 2.05) is 0 Å². The molecule has 9 heteroatoms. The number of fused-ring (bicyclic) bond motifs is 1. The Morgan fingerprint density at radius 2 is 2.04 bits per heavy atom. The van der Waals surface area contributed by atoms with Crippen LogP contribution in [-0.2, 0) is 14.6 Å². The van der Waals surface area contributed by atoms with Crippen LogP contribution >= 0.6 is 0 Å². The van der Waals surface area contributed by atoms with Gasteiger partial charge < -0.3 is 20.0 Å². The highest BCUT2D eigenvalue weighted by Gasteiger charge is 2.48. The number of aromatic amines is 1. The summed E-state index contributed by atoms with van der Waals surface area (Å²) in [6, 6.07) is 8.79. The number of H-pyrrole nitrogens is 1. The van der Waals surface area contributed by atoms with E-state index >= 15 is 0 Å². The molecule has 1 fully saturated rings. The molecule has 27 heavy (non-hydrogen) atoms. The number of nitrogens with one attached hydrogen (secondary N) is 3. The second-order valence-electron chi connectivity index (χ2n) is 6.77. The topological polar surface area (TPSA) is 117 Å². The molecule has 1 aromatic carbocycles. The summed E-state index contributed by atoms with van der Waals surface area (Å²) in [5.74, 6) is 0.712. The third kappa shape index (κ3) is 3.13. The second-order valence-corrected chi connectivity index (χ2v) is 9.09. The maximum atomic E-state index is 12.9. The predicted molar refractivity (Wildman–Crippen MR) is 102 cm³/mol. The van der Waals surface area contributed by atoms with Crippen LogP contribution in [-0.4, -0.2) is 48.4 Å². The van der Waals surface area contributed by atoms with Crippen LogP contribution in [0.4, 0.5) is 5.69 Å². The van der Waals surface area contributed by atoms with Gasteiger partial charge in [-0.25, -0.2) is 13.4 Å². The summed E-state index contributed by atoms with van der Waals surface area (Å²) < 4.78 is 28.7. The average Bonchev–Trinajstić information content (AvgIpc) is 3.30. The first-order chi connectivity index (χ1) is 12.9. The van der Waals surface area contributed by atoms with Gasteiger partial charge in [0.15, 0.2) is 26.2 Å². The Morgan fingerprint density at radius 1 is 1.26 bits per heavy atom. The van der Waals surface area contributed by atoms with E-state index in [0.717, 1.165) is 17.3 Å². The molecule has 1 aliphatic heterocycles. The fraction of sp³-hybridized carbons (Fsp3) is 0.333. The van der Waals surface area contributed by atoms with Gasteiger partial charge in [-0.2, -0.15) is 0 Å². The van der Waals surface area contributed by atoms with Gasteiger partial charge in [0, 0.05) is 11.9 Å². The van der Waals surface area contributed by atoms with Crippen molar-refractivity contribution in [2.24, 2.45) is 0 Å². The van der Waals surface area contributed by atoms with Gasteiger partial charge in [0.1, 0.15) is 0 Å². The van der Waals surface area contributed by atoms with E-state index < -0.39 is 20.5 Å². The number of anilines is 1. The lowest BCUT2D eigenvalue weighted by atomic mass is 9.95. The smallest absolute Gasteiger partial charge is 0.245 e. The molecule has 0 radical (unpaired) electrons. The largest absolute Gasteiger partial charge is 0.461 e. The van der Waals surface area contributed by atoms with Gasteiger partial charge in [0.25, 0.3) is 0 Å². The van der Waals surface area contributed by atoms with Crippen LogP contribution in [0.3, 0.4) is 0 Å². The van der Waals surface area contributed by atoms with E-state index in [1.165, 1.54) is 0 Å². The molecule has 0 bridgehead atoms. The van der Waals surface area contributed by atoms with Crippen LogP contribution in [0.1, 0.15) is 12.8 Å². The van der Waals surface area contributed by atoms with Crippen LogP contribution in [0.15, 0.2) is 41.0 Å². The van der Waals surface area contributed by atoms with Gasteiger partial charge in [-0.05, 0) is 56.3 Å². The molecule has 0 spiro atoms. The number of furan rings is 1. The van der Waals surface area contributed by atoms with Crippen LogP contribution < -0.4 is 10.6 Å². The van der Waals surface area contributed by atoms with Crippen molar-refractivity contribution in [3.63, 3.8) is 0 Å². The monoisotopic (exact) mass is 388 g/mol. The Bertz CT molecular complexity index is 1080. The number of piperidine rings is 1. The van der Waals surface area contributed by atoms with Crippen LogP contribution in [0.2, 0.25) is 0 Å². The zero-order chi connectivity index (χ0) is 19.1. The molecule has 4 rings (SSSR count). The van der Waals surface area contributed by atoms with Crippen molar-refractivity contribution in [3.05, 3.63) is 36.6 Å². The van der Waals surface area contributed by atoms with Gasteiger partial charge >= 0.3 is 0 Å². The molecule has 0 saturated carbocycles. The van der Waals surface area contributed by atoms with Crippen LogP contribution in [0.25, 0.3) is 22.6 Å². The summed E-state index contributed by atoms with van der Waals surface area (Å²) in [5.41, 5.74) is 1.96. The van der Waals surface area contributed by atoms with Gasteiger partial charge in [0.05, 0.1) is 17.3 Å². The zero-order valence-electron chi connectivity index (χ0n) is 14.8. The fourth-order valence-electron chi connectivity index (χ4n) is 3.46. The van der Waals surface area contributed by atoms with Crippen LogP contribution in [0, 0.1) is 0 Å². The van der Waals surface area contributed by atoms with Gasteiger partial charge in [-0.15, -0.1) is 0 Å². The number of imidazole rings is 1. The predicted octanol–water partition coefficient (Wildman–Crippen LogP) is 1.93. The van der Waals surface area contributed by atoms with E-state index in [-0.39, 0.29) is 12.8 Å². The summed E-state index contributed by atoms with van der Waals surface area (Å²) in [6.45, 7) is 0.985. The molecule has 0 atom stereocenters. The fourth-order valence-corrected chi connectivity index (χ4v) is 4.79.